The van der Waals surface area contributed by atoms with Crippen molar-refractivity contribution in [3.05, 3.63) is 64.3 Å². The van der Waals surface area contributed by atoms with E-state index in [1.807, 2.05) is 49.4 Å². The highest BCUT2D eigenvalue weighted by Crippen LogP contribution is 2.34. The SMILES string of the molecule is Cc1ccc(Br)cc1Oc1c(C#N)cnc2ccccc12. The molecule has 1 heterocycles. The van der Waals surface area contributed by atoms with Crippen LogP contribution >= 0.6 is 15.9 Å². The first-order valence-corrected chi connectivity index (χ1v) is 7.20. The number of aromatic nitrogens is 1. The monoisotopic (exact) mass is 338 g/mol. The third-order valence-corrected chi connectivity index (χ3v) is 3.70. The largest absolute Gasteiger partial charge is 0.455 e. The van der Waals surface area contributed by atoms with Crippen LogP contribution in [0.15, 0.2) is 53.1 Å². The fourth-order valence-corrected chi connectivity index (χ4v) is 2.44. The van der Waals surface area contributed by atoms with Gasteiger partial charge in [0.25, 0.3) is 0 Å². The maximum atomic E-state index is 9.30. The predicted octanol–water partition coefficient (Wildman–Crippen LogP) is 4.97. The number of para-hydroxylation sites is 1. The second-order valence-electron chi connectivity index (χ2n) is 4.64. The summed E-state index contributed by atoms with van der Waals surface area (Å²) in [6.07, 6.45) is 1.55. The minimum absolute atomic E-state index is 0.424. The average Bonchev–Trinajstić information content (AvgIpc) is 2.51. The van der Waals surface area contributed by atoms with Crippen molar-refractivity contribution in [1.29, 1.82) is 5.26 Å². The van der Waals surface area contributed by atoms with E-state index in [2.05, 4.69) is 27.0 Å². The number of fused-ring (bicyclic) bond motifs is 1. The number of halogens is 1. The first kappa shape index (κ1) is 13.6. The molecule has 0 bridgehead atoms. The zero-order valence-corrected chi connectivity index (χ0v) is 12.9. The van der Waals surface area contributed by atoms with E-state index in [1.165, 1.54) is 0 Å². The van der Waals surface area contributed by atoms with Crippen molar-refractivity contribution in [3.63, 3.8) is 0 Å². The summed E-state index contributed by atoms with van der Waals surface area (Å²) in [5.74, 6) is 1.27. The van der Waals surface area contributed by atoms with Gasteiger partial charge in [0.1, 0.15) is 17.4 Å². The van der Waals surface area contributed by atoms with Crippen molar-refractivity contribution in [2.45, 2.75) is 6.92 Å². The molecule has 102 valence electrons. The van der Waals surface area contributed by atoms with Gasteiger partial charge in [-0.15, -0.1) is 0 Å². The van der Waals surface area contributed by atoms with E-state index < -0.39 is 0 Å². The average molecular weight is 339 g/mol. The zero-order valence-electron chi connectivity index (χ0n) is 11.3. The zero-order chi connectivity index (χ0) is 14.8. The topological polar surface area (TPSA) is 45.9 Å². The number of hydrogen-bond donors (Lipinski definition) is 0. The van der Waals surface area contributed by atoms with Crippen LogP contribution in [-0.4, -0.2) is 4.98 Å². The van der Waals surface area contributed by atoms with Gasteiger partial charge in [0.05, 0.1) is 5.52 Å². The Balaban J connectivity index is 2.19. The van der Waals surface area contributed by atoms with Gasteiger partial charge in [0.15, 0.2) is 5.75 Å². The van der Waals surface area contributed by atoms with Gasteiger partial charge in [-0.1, -0.05) is 34.1 Å². The Morgan fingerprint density at radius 2 is 2.00 bits per heavy atom. The van der Waals surface area contributed by atoms with Crippen LogP contribution in [0.3, 0.4) is 0 Å². The second-order valence-corrected chi connectivity index (χ2v) is 5.56. The maximum Gasteiger partial charge on any atom is 0.156 e. The van der Waals surface area contributed by atoms with Crippen LogP contribution < -0.4 is 4.74 Å². The van der Waals surface area contributed by atoms with E-state index >= 15 is 0 Å². The summed E-state index contributed by atoms with van der Waals surface area (Å²) in [6, 6.07) is 15.6. The number of benzene rings is 2. The van der Waals surface area contributed by atoms with Gasteiger partial charge in [-0.3, -0.25) is 4.98 Å². The minimum Gasteiger partial charge on any atom is -0.455 e. The number of nitriles is 1. The van der Waals surface area contributed by atoms with Gasteiger partial charge < -0.3 is 4.74 Å². The number of ether oxygens (including phenoxy) is 1. The summed E-state index contributed by atoms with van der Waals surface area (Å²) in [7, 11) is 0. The van der Waals surface area contributed by atoms with E-state index in [1.54, 1.807) is 6.20 Å². The van der Waals surface area contributed by atoms with Crippen LogP contribution in [0.5, 0.6) is 11.5 Å². The van der Waals surface area contributed by atoms with Crippen molar-refractivity contribution in [2.75, 3.05) is 0 Å². The summed E-state index contributed by atoms with van der Waals surface area (Å²) in [4.78, 5) is 4.28. The summed E-state index contributed by atoms with van der Waals surface area (Å²) in [5, 5.41) is 10.1. The molecule has 0 amide bonds. The van der Waals surface area contributed by atoms with Crippen molar-refractivity contribution in [2.24, 2.45) is 0 Å². The summed E-state index contributed by atoms with van der Waals surface area (Å²) in [6.45, 7) is 1.97. The molecule has 0 atom stereocenters. The molecule has 0 aliphatic rings. The van der Waals surface area contributed by atoms with Crippen LogP contribution in [0.25, 0.3) is 10.9 Å². The lowest BCUT2D eigenvalue weighted by Crippen LogP contribution is -1.94. The van der Waals surface area contributed by atoms with E-state index in [0.717, 1.165) is 26.7 Å². The fraction of sp³-hybridized carbons (Fsp3) is 0.0588. The summed E-state index contributed by atoms with van der Waals surface area (Å²) >= 11 is 3.44. The summed E-state index contributed by atoms with van der Waals surface area (Å²) in [5.41, 5.74) is 2.23. The Labute approximate surface area is 130 Å². The molecule has 0 spiro atoms. The molecule has 3 nitrogen and oxygen atoms in total. The van der Waals surface area contributed by atoms with Gasteiger partial charge >= 0.3 is 0 Å². The number of aryl methyl sites for hydroxylation is 1. The normalized spacial score (nSPS) is 10.3. The highest BCUT2D eigenvalue weighted by Gasteiger charge is 2.12. The Morgan fingerprint density at radius 1 is 1.19 bits per heavy atom. The highest BCUT2D eigenvalue weighted by molar-refractivity contribution is 9.10. The third-order valence-electron chi connectivity index (χ3n) is 3.21. The van der Waals surface area contributed by atoms with Crippen LogP contribution in [0, 0.1) is 18.3 Å². The maximum absolute atomic E-state index is 9.30. The van der Waals surface area contributed by atoms with Crippen LogP contribution in [0.2, 0.25) is 0 Å². The molecule has 0 saturated heterocycles. The lowest BCUT2D eigenvalue weighted by atomic mass is 10.1. The molecule has 0 saturated carbocycles. The second kappa shape index (κ2) is 5.55. The summed E-state index contributed by atoms with van der Waals surface area (Å²) < 4.78 is 6.96. The molecule has 0 N–H and O–H groups in total. The third kappa shape index (κ3) is 2.61. The smallest absolute Gasteiger partial charge is 0.156 e. The number of hydrogen-bond acceptors (Lipinski definition) is 3. The van der Waals surface area contributed by atoms with E-state index in [9.17, 15) is 5.26 Å². The van der Waals surface area contributed by atoms with Crippen molar-refractivity contribution >= 4 is 26.8 Å². The van der Waals surface area contributed by atoms with Crippen LogP contribution in [-0.2, 0) is 0 Å². The van der Waals surface area contributed by atoms with Crippen molar-refractivity contribution in [1.82, 2.24) is 4.98 Å². The molecule has 2 aromatic carbocycles. The first-order valence-electron chi connectivity index (χ1n) is 6.41. The Morgan fingerprint density at radius 3 is 2.81 bits per heavy atom. The van der Waals surface area contributed by atoms with Gasteiger partial charge in [-0.2, -0.15) is 5.26 Å². The number of rotatable bonds is 2. The van der Waals surface area contributed by atoms with E-state index in [0.29, 0.717) is 11.3 Å². The molecule has 0 aliphatic heterocycles. The van der Waals surface area contributed by atoms with E-state index in [-0.39, 0.29) is 0 Å². The fourth-order valence-electron chi connectivity index (χ4n) is 2.10. The van der Waals surface area contributed by atoms with Gasteiger partial charge in [0.2, 0.25) is 0 Å². The van der Waals surface area contributed by atoms with Gasteiger partial charge in [-0.05, 0) is 36.8 Å². The van der Waals surface area contributed by atoms with E-state index in [4.69, 9.17) is 4.74 Å². The molecule has 21 heavy (non-hydrogen) atoms. The molecule has 1 aromatic heterocycles. The Hall–Kier alpha value is -2.38. The molecule has 0 fully saturated rings. The minimum atomic E-state index is 0.424. The molecule has 4 heteroatoms. The molecule has 3 rings (SSSR count). The van der Waals surface area contributed by atoms with Crippen molar-refractivity contribution in [3.8, 4) is 17.6 Å². The van der Waals surface area contributed by atoms with Crippen LogP contribution in [0.4, 0.5) is 0 Å². The standard InChI is InChI=1S/C17H11BrN2O/c1-11-6-7-13(18)8-16(11)21-17-12(9-19)10-20-15-5-3-2-4-14(15)17/h2-8,10H,1H3. The van der Waals surface area contributed by atoms with Gasteiger partial charge in [0, 0.05) is 16.1 Å². The quantitative estimate of drug-likeness (QED) is 0.662. The lowest BCUT2D eigenvalue weighted by Gasteiger charge is -2.12. The molecule has 0 aliphatic carbocycles. The Bertz CT molecular complexity index is 868. The van der Waals surface area contributed by atoms with Crippen molar-refractivity contribution < 1.29 is 4.74 Å². The number of nitrogens with zero attached hydrogens (tertiary/aromatic N) is 2. The molecule has 0 unspecified atom stereocenters. The lowest BCUT2D eigenvalue weighted by molar-refractivity contribution is 0.482. The molecular weight excluding hydrogens is 328 g/mol. The predicted molar refractivity (Wildman–Crippen MR) is 85.4 cm³/mol. The first-order chi connectivity index (χ1) is 10.2. The molecular formula is C17H11BrN2O. The molecule has 0 radical (unpaired) electrons. The van der Waals surface area contributed by atoms with Gasteiger partial charge in [-0.25, -0.2) is 0 Å². The highest BCUT2D eigenvalue weighted by atomic mass is 79.9. The van der Waals surface area contributed by atoms with Crippen LogP contribution in [0.1, 0.15) is 11.1 Å². The number of pyridine rings is 1. The molecule has 3 aromatic rings. The Kier molecular flexibility index (Phi) is 3.59.